The third-order valence-electron chi connectivity index (χ3n) is 3.21. The van der Waals surface area contributed by atoms with Crippen LogP contribution in [0.25, 0.3) is 0 Å². The van der Waals surface area contributed by atoms with E-state index in [4.69, 9.17) is 9.47 Å². The molecule has 0 aromatic carbocycles. The molecular formula is C14H27N3O4S. The molecule has 0 atom stereocenters. The van der Waals surface area contributed by atoms with Crippen molar-refractivity contribution in [1.82, 2.24) is 14.1 Å². The van der Waals surface area contributed by atoms with E-state index in [-0.39, 0.29) is 23.4 Å². The molecule has 128 valence electrons. The van der Waals surface area contributed by atoms with E-state index in [1.807, 2.05) is 20.8 Å². The lowest BCUT2D eigenvalue weighted by atomic mass is 9.92. The van der Waals surface area contributed by atoms with Gasteiger partial charge < -0.3 is 9.47 Å². The Bertz CT molecular complexity index is 567. The maximum absolute atomic E-state index is 13.0. The van der Waals surface area contributed by atoms with Crippen LogP contribution in [-0.4, -0.2) is 63.0 Å². The summed E-state index contributed by atoms with van der Waals surface area (Å²) in [6, 6.07) is 0. The van der Waals surface area contributed by atoms with Crippen LogP contribution in [-0.2, 0) is 32.0 Å². The summed E-state index contributed by atoms with van der Waals surface area (Å²) >= 11 is 0. The normalized spacial score (nSPS) is 13.0. The van der Waals surface area contributed by atoms with Crippen LogP contribution in [0, 0.1) is 0 Å². The number of methoxy groups -OCH3 is 2. The first kappa shape index (κ1) is 19.1. The molecule has 1 rings (SSSR count). The van der Waals surface area contributed by atoms with Crippen molar-refractivity contribution in [1.29, 1.82) is 0 Å². The Balaban J connectivity index is 3.24. The van der Waals surface area contributed by atoms with E-state index in [1.165, 1.54) is 8.99 Å². The average molecular weight is 333 g/mol. The Morgan fingerprint density at radius 2 is 1.68 bits per heavy atom. The van der Waals surface area contributed by atoms with Crippen molar-refractivity contribution in [2.45, 2.75) is 31.1 Å². The summed E-state index contributed by atoms with van der Waals surface area (Å²) in [4.78, 5) is 0.245. The first-order valence-electron chi connectivity index (χ1n) is 7.16. The van der Waals surface area contributed by atoms with Gasteiger partial charge in [0.25, 0.3) is 0 Å². The van der Waals surface area contributed by atoms with Crippen molar-refractivity contribution in [3.05, 3.63) is 11.9 Å². The maximum Gasteiger partial charge on any atom is 0.246 e. The highest BCUT2D eigenvalue weighted by atomic mass is 32.2. The molecule has 1 aromatic heterocycles. The van der Waals surface area contributed by atoms with Gasteiger partial charge >= 0.3 is 0 Å². The summed E-state index contributed by atoms with van der Waals surface area (Å²) in [5, 5.41) is 4.34. The van der Waals surface area contributed by atoms with Crippen molar-refractivity contribution in [2.75, 3.05) is 40.5 Å². The number of hydrogen-bond acceptors (Lipinski definition) is 5. The van der Waals surface area contributed by atoms with E-state index in [9.17, 15) is 8.42 Å². The fourth-order valence-electron chi connectivity index (χ4n) is 2.05. The standard InChI is InChI=1S/C14H27N3O4S/c1-14(2,3)13-12(11-16(4)15-13)22(18,19)17(7-9-20-5)8-10-21-6/h11H,7-10H2,1-6H3. The van der Waals surface area contributed by atoms with Crippen molar-refractivity contribution < 1.29 is 17.9 Å². The predicted molar refractivity (Wildman–Crippen MR) is 84.4 cm³/mol. The number of aromatic nitrogens is 2. The summed E-state index contributed by atoms with van der Waals surface area (Å²) in [5.41, 5.74) is 0.201. The molecule has 22 heavy (non-hydrogen) atoms. The van der Waals surface area contributed by atoms with Crippen LogP contribution in [0.3, 0.4) is 0 Å². The van der Waals surface area contributed by atoms with Gasteiger partial charge in [-0.25, -0.2) is 8.42 Å². The molecule has 0 aliphatic carbocycles. The summed E-state index contributed by atoms with van der Waals surface area (Å²) in [7, 11) is 1.17. The molecule has 0 bridgehead atoms. The monoisotopic (exact) mass is 333 g/mol. The third kappa shape index (κ3) is 4.52. The van der Waals surface area contributed by atoms with Crippen molar-refractivity contribution in [2.24, 2.45) is 7.05 Å². The number of hydrogen-bond donors (Lipinski definition) is 0. The first-order valence-corrected chi connectivity index (χ1v) is 8.60. The summed E-state index contributed by atoms with van der Waals surface area (Å²) < 4.78 is 38.9. The van der Waals surface area contributed by atoms with Crippen LogP contribution < -0.4 is 0 Å². The minimum Gasteiger partial charge on any atom is -0.383 e. The third-order valence-corrected chi connectivity index (χ3v) is 5.11. The topological polar surface area (TPSA) is 73.7 Å². The van der Waals surface area contributed by atoms with Gasteiger partial charge in [-0.15, -0.1) is 0 Å². The largest absolute Gasteiger partial charge is 0.383 e. The molecule has 0 saturated carbocycles. The summed E-state index contributed by atoms with van der Waals surface area (Å²) in [5.74, 6) is 0. The van der Waals surface area contributed by atoms with Crippen LogP contribution in [0.1, 0.15) is 26.5 Å². The van der Waals surface area contributed by atoms with Gasteiger partial charge in [0.05, 0.1) is 18.9 Å². The van der Waals surface area contributed by atoms with Crippen LogP contribution in [0.2, 0.25) is 0 Å². The second-order valence-corrected chi connectivity index (χ2v) is 8.06. The zero-order chi connectivity index (χ0) is 17.0. The highest BCUT2D eigenvalue weighted by molar-refractivity contribution is 7.89. The lowest BCUT2D eigenvalue weighted by Gasteiger charge is -2.23. The van der Waals surface area contributed by atoms with E-state index >= 15 is 0 Å². The number of sulfonamides is 1. The van der Waals surface area contributed by atoms with Gasteiger partial charge in [-0.2, -0.15) is 9.40 Å². The SMILES string of the molecule is COCCN(CCOC)S(=O)(=O)c1cn(C)nc1C(C)(C)C. The minimum absolute atomic E-state index is 0.245. The molecule has 0 radical (unpaired) electrons. The zero-order valence-electron chi connectivity index (χ0n) is 14.3. The van der Waals surface area contributed by atoms with E-state index < -0.39 is 10.0 Å². The van der Waals surface area contributed by atoms with E-state index in [0.29, 0.717) is 18.9 Å². The second-order valence-electron chi connectivity index (χ2n) is 6.16. The fourth-order valence-corrected chi connectivity index (χ4v) is 3.84. The Morgan fingerprint density at radius 1 is 1.18 bits per heavy atom. The highest BCUT2D eigenvalue weighted by Crippen LogP contribution is 2.29. The maximum atomic E-state index is 13.0. The number of rotatable bonds is 8. The van der Waals surface area contributed by atoms with Crippen molar-refractivity contribution in [3.63, 3.8) is 0 Å². The number of aryl methyl sites for hydroxylation is 1. The molecule has 0 fully saturated rings. The zero-order valence-corrected chi connectivity index (χ0v) is 15.1. The average Bonchev–Trinajstić information content (AvgIpc) is 2.81. The molecule has 1 heterocycles. The van der Waals surface area contributed by atoms with Crippen molar-refractivity contribution >= 4 is 10.0 Å². The minimum atomic E-state index is -3.65. The van der Waals surface area contributed by atoms with E-state index in [0.717, 1.165) is 0 Å². The lowest BCUT2D eigenvalue weighted by molar-refractivity contribution is 0.150. The Labute approximate surface area is 133 Å². The predicted octanol–water partition coefficient (Wildman–Crippen LogP) is 1.00. The van der Waals surface area contributed by atoms with E-state index in [2.05, 4.69) is 5.10 Å². The first-order chi connectivity index (χ1) is 10.1. The van der Waals surface area contributed by atoms with Gasteiger partial charge in [0.15, 0.2) is 0 Å². The lowest BCUT2D eigenvalue weighted by Crippen LogP contribution is -2.37. The summed E-state index contributed by atoms with van der Waals surface area (Å²) in [6.07, 6.45) is 1.56. The van der Waals surface area contributed by atoms with Gasteiger partial charge in [-0.1, -0.05) is 20.8 Å². The summed E-state index contributed by atoms with van der Waals surface area (Å²) in [6.45, 7) is 7.05. The van der Waals surface area contributed by atoms with Gasteiger partial charge in [0.1, 0.15) is 4.90 Å². The van der Waals surface area contributed by atoms with Gasteiger partial charge in [0.2, 0.25) is 10.0 Å². The molecule has 7 nitrogen and oxygen atoms in total. The second kappa shape index (κ2) is 7.54. The molecule has 0 unspecified atom stereocenters. The highest BCUT2D eigenvalue weighted by Gasteiger charge is 2.33. The fraction of sp³-hybridized carbons (Fsp3) is 0.786. The molecule has 1 aromatic rings. The van der Waals surface area contributed by atoms with Gasteiger partial charge in [0, 0.05) is 46.0 Å². The molecule has 0 spiro atoms. The smallest absolute Gasteiger partial charge is 0.246 e. The van der Waals surface area contributed by atoms with Gasteiger partial charge in [-0.05, 0) is 0 Å². The molecule has 0 aliphatic heterocycles. The molecule has 0 saturated heterocycles. The van der Waals surface area contributed by atoms with Crippen molar-refractivity contribution in [3.8, 4) is 0 Å². The molecule has 0 N–H and O–H groups in total. The van der Waals surface area contributed by atoms with Crippen LogP contribution in [0.4, 0.5) is 0 Å². The van der Waals surface area contributed by atoms with Crippen LogP contribution in [0.15, 0.2) is 11.1 Å². The molecular weight excluding hydrogens is 306 g/mol. The van der Waals surface area contributed by atoms with Crippen LogP contribution in [0.5, 0.6) is 0 Å². The van der Waals surface area contributed by atoms with Gasteiger partial charge in [-0.3, -0.25) is 4.68 Å². The number of ether oxygens (including phenoxy) is 2. The quantitative estimate of drug-likeness (QED) is 0.709. The van der Waals surface area contributed by atoms with Crippen LogP contribution >= 0.6 is 0 Å². The van der Waals surface area contributed by atoms with E-state index in [1.54, 1.807) is 27.5 Å². The number of nitrogens with zero attached hydrogens (tertiary/aromatic N) is 3. The Kier molecular flexibility index (Phi) is 6.54. The molecule has 0 aliphatic rings. The Hall–Kier alpha value is -0.960. The molecule has 0 amide bonds. The Morgan fingerprint density at radius 3 is 2.09 bits per heavy atom. The molecule has 8 heteroatoms.